The van der Waals surface area contributed by atoms with E-state index in [1.54, 1.807) is 24.3 Å². The van der Waals surface area contributed by atoms with Crippen LogP contribution >= 0.6 is 22.9 Å². The number of ether oxygens (including phenoxy) is 2. The third-order valence-electron chi connectivity index (χ3n) is 4.96. The molecular weight excluding hydrogens is 468 g/mol. The number of rotatable bonds is 7. The molecule has 2 N–H and O–H groups in total. The number of aliphatic hydroxyl groups is 1. The van der Waals surface area contributed by atoms with Crippen LogP contribution in [0.2, 0.25) is 5.02 Å². The van der Waals surface area contributed by atoms with Gasteiger partial charge in [-0.05, 0) is 42.8 Å². The van der Waals surface area contributed by atoms with Crippen molar-refractivity contribution in [3.63, 3.8) is 0 Å². The molecule has 0 spiro atoms. The van der Waals surface area contributed by atoms with E-state index in [0.29, 0.717) is 20.9 Å². The number of fused-ring (bicyclic) bond motifs is 1. The van der Waals surface area contributed by atoms with E-state index in [-0.39, 0.29) is 17.1 Å². The third-order valence-corrected chi connectivity index (χ3v) is 6.37. The molecule has 0 aliphatic rings. The SMILES string of the molecule is COc1cc(-n2cnc3cc(-c4ccc(Cl)cc4)sc3c2=O)ccc1OCC(C)(O)C(=O)O. The first-order valence-electron chi connectivity index (χ1n) is 9.74. The molecule has 4 aromatic rings. The molecule has 0 saturated heterocycles. The highest BCUT2D eigenvalue weighted by molar-refractivity contribution is 7.22. The average molecular weight is 487 g/mol. The van der Waals surface area contributed by atoms with Crippen LogP contribution < -0.4 is 15.0 Å². The van der Waals surface area contributed by atoms with Gasteiger partial charge in [-0.1, -0.05) is 23.7 Å². The van der Waals surface area contributed by atoms with Gasteiger partial charge in [0, 0.05) is 16.0 Å². The van der Waals surface area contributed by atoms with E-state index in [1.165, 1.54) is 35.4 Å². The molecular formula is C23H19ClN2O6S. The first kappa shape index (κ1) is 22.8. The maximum atomic E-state index is 13.2. The Bertz CT molecular complexity index is 1390. The Balaban J connectivity index is 1.68. The Labute approximate surface area is 197 Å². The molecule has 4 rings (SSSR count). The zero-order chi connectivity index (χ0) is 23.8. The molecule has 1 atom stereocenters. The van der Waals surface area contributed by atoms with E-state index < -0.39 is 18.2 Å². The largest absolute Gasteiger partial charge is 0.493 e. The molecule has 0 aliphatic heterocycles. The van der Waals surface area contributed by atoms with E-state index in [1.807, 2.05) is 18.2 Å². The number of thiophene rings is 1. The molecule has 0 aliphatic carbocycles. The number of hydrogen-bond acceptors (Lipinski definition) is 7. The summed E-state index contributed by atoms with van der Waals surface area (Å²) in [7, 11) is 1.42. The summed E-state index contributed by atoms with van der Waals surface area (Å²) in [5.41, 5.74) is -0.279. The summed E-state index contributed by atoms with van der Waals surface area (Å²) in [6.45, 7) is 0.657. The minimum Gasteiger partial charge on any atom is -0.493 e. The van der Waals surface area contributed by atoms with E-state index in [4.69, 9.17) is 26.2 Å². The fourth-order valence-corrected chi connectivity index (χ4v) is 4.23. The van der Waals surface area contributed by atoms with E-state index >= 15 is 0 Å². The van der Waals surface area contributed by atoms with Crippen LogP contribution in [-0.2, 0) is 4.79 Å². The van der Waals surface area contributed by atoms with Gasteiger partial charge in [-0.25, -0.2) is 9.78 Å². The fourth-order valence-electron chi connectivity index (χ4n) is 3.06. The summed E-state index contributed by atoms with van der Waals surface area (Å²) in [6.07, 6.45) is 1.44. The predicted octanol–water partition coefficient (Wildman–Crippen LogP) is 3.99. The maximum absolute atomic E-state index is 13.2. The zero-order valence-electron chi connectivity index (χ0n) is 17.6. The molecule has 0 amide bonds. The molecule has 8 nitrogen and oxygen atoms in total. The van der Waals surface area contributed by atoms with Crippen molar-refractivity contribution >= 4 is 39.1 Å². The van der Waals surface area contributed by atoms with Gasteiger partial charge in [-0.2, -0.15) is 0 Å². The number of benzene rings is 2. The Morgan fingerprint density at radius 3 is 2.58 bits per heavy atom. The number of nitrogens with zero attached hydrogens (tertiary/aromatic N) is 2. The number of carboxylic acids is 1. The molecule has 1 unspecified atom stereocenters. The van der Waals surface area contributed by atoms with Gasteiger partial charge in [0.15, 0.2) is 17.1 Å². The number of carboxylic acid groups (broad SMARTS) is 1. The lowest BCUT2D eigenvalue weighted by Gasteiger charge is -2.19. The van der Waals surface area contributed by atoms with Crippen LogP contribution in [0.4, 0.5) is 0 Å². The van der Waals surface area contributed by atoms with Gasteiger partial charge in [-0.15, -0.1) is 11.3 Å². The van der Waals surface area contributed by atoms with Crippen molar-refractivity contribution in [2.45, 2.75) is 12.5 Å². The number of hydrogen-bond donors (Lipinski definition) is 2. The molecule has 0 fully saturated rings. The minimum absolute atomic E-state index is 0.228. The predicted molar refractivity (Wildman–Crippen MR) is 126 cm³/mol. The summed E-state index contributed by atoms with van der Waals surface area (Å²) in [6, 6.07) is 14.0. The topological polar surface area (TPSA) is 111 Å². The van der Waals surface area contributed by atoms with Gasteiger partial charge in [0.25, 0.3) is 5.56 Å². The first-order valence-corrected chi connectivity index (χ1v) is 10.9. The van der Waals surface area contributed by atoms with Crippen LogP contribution in [0.1, 0.15) is 6.92 Å². The van der Waals surface area contributed by atoms with Gasteiger partial charge in [0.2, 0.25) is 0 Å². The van der Waals surface area contributed by atoms with Gasteiger partial charge in [0.1, 0.15) is 17.6 Å². The normalized spacial score (nSPS) is 13.0. The molecule has 10 heteroatoms. The van der Waals surface area contributed by atoms with Gasteiger partial charge in [-0.3, -0.25) is 9.36 Å². The summed E-state index contributed by atoms with van der Waals surface area (Å²) < 4.78 is 12.7. The molecule has 0 saturated carbocycles. The Kier molecular flexibility index (Phi) is 6.11. The third kappa shape index (κ3) is 4.56. The number of aromatic nitrogens is 2. The number of carbonyl (C=O) groups is 1. The van der Waals surface area contributed by atoms with Gasteiger partial charge < -0.3 is 19.7 Å². The molecule has 2 aromatic heterocycles. The lowest BCUT2D eigenvalue weighted by molar-refractivity contribution is -0.159. The van der Waals surface area contributed by atoms with E-state index in [2.05, 4.69) is 4.98 Å². The molecule has 0 radical (unpaired) electrons. The molecule has 33 heavy (non-hydrogen) atoms. The van der Waals surface area contributed by atoms with Crippen molar-refractivity contribution in [1.82, 2.24) is 9.55 Å². The second-order valence-electron chi connectivity index (χ2n) is 7.45. The van der Waals surface area contributed by atoms with E-state index in [9.17, 15) is 14.7 Å². The highest BCUT2D eigenvalue weighted by atomic mass is 35.5. The molecule has 170 valence electrons. The van der Waals surface area contributed by atoms with Crippen molar-refractivity contribution in [2.75, 3.05) is 13.7 Å². The van der Waals surface area contributed by atoms with Crippen LogP contribution in [0.15, 0.2) is 59.7 Å². The van der Waals surface area contributed by atoms with Crippen molar-refractivity contribution in [1.29, 1.82) is 0 Å². The summed E-state index contributed by atoms with van der Waals surface area (Å²) in [5.74, 6) is -0.905. The fraction of sp³-hybridized carbons (Fsp3) is 0.174. The van der Waals surface area contributed by atoms with Crippen LogP contribution in [0.25, 0.3) is 26.3 Å². The second kappa shape index (κ2) is 8.86. The minimum atomic E-state index is -2.06. The summed E-state index contributed by atoms with van der Waals surface area (Å²) in [5, 5.41) is 19.5. The number of aliphatic carboxylic acids is 1. The van der Waals surface area contributed by atoms with Crippen molar-refractivity contribution in [3.05, 3.63) is 70.2 Å². The monoisotopic (exact) mass is 486 g/mol. The van der Waals surface area contributed by atoms with Crippen LogP contribution in [-0.4, -0.2) is 45.1 Å². The summed E-state index contributed by atoms with van der Waals surface area (Å²) in [4.78, 5) is 29.6. The van der Waals surface area contributed by atoms with E-state index in [0.717, 1.165) is 17.4 Å². The summed E-state index contributed by atoms with van der Waals surface area (Å²) >= 11 is 7.30. The highest BCUT2D eigenvalue weighted by Gasteiger charge is 2.31. The first-order chi connectivity index (χ1) is 15.7. The molecule has 0 bridgehead atoms. The molecule has 2 aromatic carbocycles. The molecule has 2 heterocycles. The Hall–Kier alpha value is -3.40. The van der Waals surface area contributed by atoms with Crippen molar-refractivity contribution in [2.24, 2.45) is 0 Å². The Morgan fingerprint density at radius 2 is 1.91 bits per heavy atom. The maximum Gasteiger partial charge on any atom is 0.339 e. The zero-order valence-corrected chi connectivity index (χ0v) is 19.2. The van der Waals surface area contributed by atoms with Crippen LogP contribution in [0.3, 0.4) is 0 Å². The lowest BCUT2D eigenvalue weighted by atomic mass is 10.1. The van der Waals surface area contributed by atoms with Crippen molar-refractivity contribution < 1.29 is 24.5 Å². The van der Waals surface area contributed by atoms with Crippen LogP contribution in [0, 0.1) is 0 Å². The van der Waals surface area contributed by atoms with Crippen molar-refractivity contribution in [3.8, 4) is 27.6 Å². The standard InChI is InChI=1S/C23H19ClN2O6S/c1-23(30,22(28)29)11-32-17-8-7-15(9-18(17)31-2)26-12-25-16-10-19(33-20(16)21(26)27)13-3-5-14(24)6-4-13/h3-10,12,30H,11H2,1-2H3,(H,28,29). The highest BCUT2D eigenvalue weighted by Crippen LogP contribution is 2.33. The lowest BCUT2D eigenvalue weighted by Crippen LogP contribution is -2.41. The number of halogens is 1. The Morgan fingerprint density at radius 1 is 1.18 bits per heavy atom. The second-order valence-corrected chi connectivity index (χ2v) is 8.94. The van der Waals surface area contributed by atoms with Gasteiger partial charge >= 0.3 is 5.97 Å². The number of methoxy groups -OCH3 is 1. The smallest absolute Gasteiger partial charge is 0.339 e. The average Bonchev–Trinajstić information content (AvgIpc) is 3.23. The van der Waals surface area contributed by atoms with Crippen LogP contribution in [0.5, 0.6) is 11.5 Å². The van der Waals surface area contributed by atoms with Gasteiger partial charge in [0.05, 0.1) is 18.3 Å². The quantitative estimate of drug-likeness (QED) is 0.406.